The first-order valence-electron chi connectivity index (χ1n) is 9.54. The maximum absolute atomic E-state index is 5.79. The molecule has 1 fully saturated rings. The number of ether oxygens (including phenoxy) is 2. The van der Waals surface area contributed by atoms with Crippen molar-refractivity contribution >= 4 is 16.7 Å². The van der Waals surface area contributed by atoms with Gasteiger partial charge in [0.15, 0.2) is 5.96 Å². The Hall–Kier alpha value is -2.11. The third kappa shape index (κ3) is 5.71. The molecule has 5 nitrogen and oxygen atoms in total. The fraction of sp³-hybridized carbons (Fsp3) is 0.476. The molecule has 0 amide bonds. The standard InChI is InChI=1S/C21H29N3O2/c1-2-22-21(23-11-5-12-26-20-10-13-25-16-20)24-15-17-8-9-18-6-3-4-7-19(18)14-17/h3-4,6-9,14,20H,2,5,10-13,15-16H2,1H3,(H2,22,23,24). The quantitative estimate of drug-likeness (QED) is 0.434. The van der Waals surface area contributed by atoms with E-state index in [4.69, 9.17) is 14.5 Å². The van der Waals surface area contributed by atoms with Gasteiger partial charge in [0, 0.05) is 26.3 Å². The van der Waals surface area contributed by atoms with E-state index in [1.807, 2.05) is 0 Å². The summed E-state index contributed by atoms with van der Waals surface area (Å²) in [6.07, 6.45) is 2.25. The van der Waals surface area contributed by atoms with E-state index in [1.54, 1.807) is 0 Å². The molecule has 3 rings (SSSR count). The van der Waals surface area contributed by atoms with Crippen LogP contribution < -0.4 is 10.6 Å². The normalized spacial score (nSPS) is 17.6. The molecular weight excluding hydrogens is 326 g/mol. The molecule has 2 N–H and O–H groups in total. The van der Waals surface area contributed by atoms with Gasteiger partial charge in [-0.25, -0.2) is 4.99 Å². The van der Waals surface area contributed by atoms with E-state index in [0.717, 1.165) is 51.7 Å². The Bertz CT molecular complexity index is 711. The lowest BCUT2D eigenvalue weighted by Crippen LogP contribution is -2.38. The zero-order valence-electron chi connectivity index (χ0n) is 15.5. The van der Waals surface area contributed by atoms with Gasteiger partial charge in [0.2, 0.25) is 0 Å². The number of fused-ring (bicyclic) bond motifs is 1. The van der Waals surface area contributed by atoms with Crippen molar-refractivity contribution in [3.63, 3.8) is 0 Å². The molecule has 26 heavy (non-hydrogen) atoms. The van der Waals surface area contributed by atoms with Crippen molar-refractivity contribution < 1.29 is 9.47 Å². The summed E-state index contributed by atoms with van der Waals surface area (Å²) in [6.45, 7) is 6.76. The van der Waals surface area contributed by atoms with Gasteiger partial charge < -0.3 is 20.1 Å². The van der Waals surface area contributed by atoms with Crippen LogP contribution in [-0.2, 0) is 16.0 Å². The largest absolute Gasteiger partial charge is 0.379 e. The van der Waals surface area contributed by atoms with Crippen molar-refractivity contribution in [3.8, 4) is 0 Å². The van der Waals surface area contributed by atoms with E-state index < -0.39 is 0 Å². The number of nitrogens with one attached hydrogen (secondary N) is 2. The van der Waals surface area contributed by atoms with Crippen molar-refractivity contribution in [2.24, 2.45) is 4.99 Å². The average molecular weight is 355 g/mol. The van der Waals surface area contributed by atoms with Crippen molar-refractivity contribution in [3.05, 3.63) is 48.0 Å². The van der Waals surface area contributed by atoms with Gasteiger partial charge in [-0.05, 0) is 42.2 Å². The predicted molar refractivity (Wildman–Crippen MR) is 107 cm³/mol. The Kier molecular flexibility index (Phi) is 7.28. The number of aliphatic imine (C=N–C) groups is 1. The number of rotatable bonds is 8. The summed E-state index contributed by atoms with van der Waals surface area (Å²) in [5.41, 5.74) is 1.21. The first-order valence-corrected chi connectivity index (χ1v) is 9.54. The Balaban J connectivity index is 1.46. The molecule has 0 spiro atoms. The minimum atomic E-state index is 0.282. The molecule has 2 aromatic rings. The highest BCUT2D eigenvalue weighted by Gasteiger charge is 2.15. The molecule has 1 atom stereocenters. The molecule has 1 aliphatic rings. The van der Waals surface area contributed by atoms with Crippen LogP contribution in [0, 0.1) is 0 Å². The minimum absolute atomic E-state index is 0.282. The van der Waals surface area contributed by atoms with Crippen LogP contribution in [-0.4, -0.2) is 45.0 Å². The number of hydrogen-bond donors (Lipinski definition) is 2. The maximum Gasteiger partial charge on any atom is 0.191 e. The third-order valence-corrected chi connectivity index (χ3v) is 4.43. The highest BCUT2D eigenvalue weighted by atomic mass is 16.5. The second-order valence-electron chi connectivity index (χ2n) is 6.51. The second kappa shape index (κ2) is 10.1. The predicted octanol–water partition coefficient (Wildman–Crippen LogP) is 3.09. The van der Waals surface area contributed by atoms with Crippen LogP contribution in [0.3, 0.4) is 0 Å². The van der Waals surface area contributed by atoms with E-state index in [0.29, 0.717) is 6.54 Å². The molecular formula is C21H29N3O2. The molecule has 0 bridgehead atoms. The molecule has 1 aliphatic heterocycles. The Morgan fingerprint density at radius 1 is 1.19 bits per heavy atom. The molecule has 2 aromatic carbocycles. The first kappa shape index (κ1) is 18.7. The molecule has 1 heterocycles. The third-order valence-electron chi connectivity index (χ3n) is 4.43. The lowest BCUT2D eigenvalue weighted by Gasteiger charge is -2.13. The molecule has 0 radical (unpaired) electrons. The van der Waals surface area contributed by atoms with Gasteiger partial charge in [0.05, 0.1) is 19.3 Å². The van der Waals surface area contributed by atoms with E-state index in [2.05, 4.69) is 60.0 Å². The van der Waals surface area contributed by atoms with E-state index in [9.17, 15) is 0 Å². The van der Waals surface area contributed by atoms with Crippen LogP contribution in [0.5, 0.6) is 0 Å². The molecule has 0 saturated carbocycles. The Morgan fingerprint density at radius 3 is 2.88 bits per heavy atom. The summed E-state index contributed by atoms with van der Waals surface area (Å²) in [5, 5.41) is 9.20. The zero-order chi connectivity index (χ0) is 18.0. The van der Waals surface area contributed by atoms with Gasteiger partial charge in [-0.3, -0.25) is 0 Å². The van der Waals surface area contributed by atoms with Gasteiger partial charge in [0.1, 0.15) is 0 Å². The highest BCUT2D eigenvalue weighted by Crippen LogP contribution is 2.16. The lowest BCUT2D eigenvalue weighted by molar-refractivity contribution is 0.0420. The monoisotopic (exact) mass is 355 g/mol. The maximum atomic E-state index is 5.79. The van der Waals surface area contributed by atoms with E-state index in [-0.39, 0.29) is 6.10 Å². The van der Waals surface area contributed by atoms with Crippen molar-refractivity contribution in [1.29, 1.82) is 0 Å². The van der Waals surface area contributed by atoms with Crippen LogP contribution in [0.25, 0.3) is 10.8 Å². The fourth-order valence-corrected chi connectivity index (χ4v) is 3.02. The lowest BCUT2D eigenvalue weighted by atomic mass is 10.1. The number of guanidine groups is 1. The van der Waals surface area contributed by atoms with Crippen molar-refractivity contribution in [2.45, 2.75) is 32.4 Å². The molecule has 140 valence electrons. The van der Waals surface area contributed by atoms with Crippen LogP contribution in [0.4, 0.5) is 0 Å². The van der Waals surface area contributed by atoms with Gasteiger partial charge in [-0.15, -0.1) is 0 Å². The van der Waals surface area contributed by atoms with Gasteiger partial charge in [-0.2, -0.15) is 0 Å². The van der Waals surface area contributed by atoms with Crippen molar-refractivity contribution in [1.82, 2.24) is 10.6 Å². The molecule has 1 unspecified atom stereocenters. The summed E-state index contributed by atoms with van der Waals surface area (Å²) in [6, 6.07) is 14.9. The fourth-order valence-electron chi connectivity index (χ4n) is 3.02. The van der Waals surface area contributed by atoms with E-state index >= 15 is 0 Å². The van der Waals surface area contributed by atoms with E-state index in [1.165, 1.54) is 16.3 Å². The minimum Gasteiger partial charge on any atom is -0.379 e. The highest BCUT2D eigenvalue weighted by molar-refractivity contribution is 5.83. The molecule has 5 heteroatoms. The Labute approximate surface area is 155 Å². The number of nitrogens with zero attached hydrogens (tertiary/aromatic N) is 1. The summed E-state index contributed by atoms with van der Waals surface area (Å²) in [4.78, 5) is 4.70. The van der Waals surface area contributed by atoms with Gasteiger partial charge in [-0.1, -0.05) is 36.4 Å². The second-order valence-corrected chi connectivity index (χ2v) is 6.51. The summed E-state index contributed by atoms with van der Waals surface area (Å²) in [7, 11) is 0. The zero-order valence-corrected chi connectivity index (χ0v) is 15.5. The number of hydrogen-bond acceptors (Lipinski definition) is 3. The van der Waals surface area contributed by atoms with Gasteiger partial charge in [0.25, 0.3) is 0 Å². The molecule has 0 aromatic heterocycles. The molecule has 0 aliphatic carbocycles. The average Bonchev–Trinajstić information content (AvgIpc) is 3.19. The topological polar surface area (TPSA) is 54.9 Å². The summed E-state index contributed by atoms with van der Waals surface area (Å²) < 4.78 is 11.1. The van der Waals surface area contributed by atoms with Crippen LogP contribution >= 0.6 is 0 Å². The van der Waals surface area contributed by atoms with Crippen LogP contribution in [0.2, 0.25) is 0 Å². The Morgan fingerprint density at radius 2 is 2.08 bits per heavy atom. The van der Waals surface area contributed by atoms with Crippen LogP contribution in [0.1, 0.15) is 25.3 Å². The summed E-state index contributed by atoms with van der Waals surface area (Å²) in [5.74, 6) is 0.852. The van der Waals surface area contributed by atoms with Gasteiger partial charge >= 0.3 is 0 Å². The smallest absolute Gasteiger partial charge is 0.191 e. The summed E-state index contributed by atoms with van der Waals surface area (Å²) >= 11 is 0. The molecule has 1 saturated heterocycles. The van der Waals surface area contributed by atoms with Crippen molar-refractivity contribution in [2.75, 3.05) is 32.9 Å². The SMILES string of the molecule is CCNC(=NCc1ccc2ccccc2c1)NCCCOC1CCOC1. The first-order chi connectivity index (χ1) is 12.8. The number of benzene rings is 2. The van der Waals surface area contributed by atoms with Crippen LogP contribution in [0.15, 0.2) is 47.5 Å².